The summed E-state index contributed by atoms with van der Waals surface area (Å²) in [6, 6.07) is 0.262. The van der Waals surface area contributed by atoms with Gasteiger partial charge in [-0.1, -0.05) is 0 Å². The highest BCUT2D eigenvalue weighted by Crippen LogP contribution is 2.58. The van der Waals surface area contributed by atoms with Gasteiger partial charge in [-0.3, -0.25) is 4.90 Å². The molecule has 1 heterocycles. The molecule has 1 aliphatic heterocycles. The summed E-state index contributed by atoms with van der Waals surface area (Å²) in [6.07, 6.45) is 9.54. The number of hydrogen-bond donors (Lipinski definition) is 1. The summed E-state index contributed by atoms with van der Waals surface area (Å²) < 4.78 is 5.42. The van der Waals surface area contributed by atoms with Crippen molar-refractivity contribution >= 4 is 6.09 Å². The van der Waals surface area contributed by atoms with Crippen LogP contribution in [0.4, 0.5) is 4.79 Å². The largest absolute Gasteiger partial charge is 0.444 e. The Labute approximate surface area is 140 Å². The van der Waals surface area contributed by atoms with Gasteiger partial charge in [-0.2, -0.15) is 0 Å². The van der Waals surface area contributed by atoms with E-state index < -0.39 is 5.60 Å². The minimum absolute atomic E-state index is 0.255. The van der Waals surface area contributed by atoms with E-state index in [4.69, 9.17) is 4.74 Å². The highest BCUT2D eigenvalue weighted by molar-refractivity contribution is 5.68. The fraction of sp³-hybridized carbons (Fsp3) is 0.947. The van der Waals surface area contributed by atoms with Crippen molar-refractivity contribution < 1.29 is 9.53 Å². The molecule has 4 nitrogen and oxygen atoms in total. The quantitative estimate of drug-likeness (QED) is 0.846. The second kappa shape index (κ2) is 5.37. The number of rotatable bonds is 2. The van der Waals surface area contributed by atoms with Crippen LogP contribution in [0.5, 0.6) is 0 Å². The number of nitrogens with zero attached hydrogens (tertiary/aromatic N) is 1. The zero-order valence-electron chi connectivity index (χ0n) is 14.9. The maximum absolute atomic E-state index is 12.0. The summed E-state index contributed by atoms with van der Waals surface area (Å²) in [5.41, 5.74) is 0.0570. The molecule has 1 saturated heterocycles. The first-order chi connectivity index (χ1) is 10.8. The maximum Gasteiger partial charge on any atom is 0.407 e. The molecule has 4 bridgehead atoms. The molecule has 0 unspecified atom stereocenters. The van der Waals surface area contributed by atoms with Gasteiger partial charge in [0.15, 0.2) is 0 Å². The Kier molecular flexibility index (Phi) is 3.67. The zero-order valence-corrected chi connectivity index (χ0v) is 14.9. The Bertz CT molecular complexity index is 447. The van der Waals surface area contributed by atoms with Gasteiger partial charge in [0, 0.05) is 24.7 Å². The number of ether oxygens (including phenoxy) is 1. The van der Waals surface area contributed by atoms with E-state index in [-0.39, 0.29) is 12.1 Å². The maximum atomic E-state index is 12.0. The molecule has 1 atom stereocenters. The van der Waals surface area contributed by atoms with Crippen molar-refractivity contribution in [2.24, 2.45) is 17.8 Å². The van der Waals surface area contributed by atoms with E-state index >= 15 is 0 Å². The van der Waals surface area contributed by atoms with Gasteiger partial charge < -0.3 is 10.1 Å². The van der Waals surface area contributed by atoms with Gasteiger partial charge in [0.05, 0.1) is 0 Å². The molecule has 5 fully saturated rings. The third-order valence-electron chi connectivity index (χ3n) is 6.59. The molecule has 130 valence electrons. The monoisotopic (exact) mass is 320 g/mol. The van der Waals surface area contributed by atoms with Gasteiger partial charge in [-0.05, 0) is 83.5 Å². The fourth-order valence-electron chi connectivity index (χ4n) is 6.24. The molecule has 0 aromatic heterocycles. The Morgan fingerprint density at radius 1 is 1.09 bits per heavy atom. The third-order valence-corrected chi connectivity index (χ3v) is 6.59. The fourth-order valence-corrected chi connectivity index (χ4v) is 6.24. The van der Waals surface area contributed by atoms with E-state index in [0.29, 0.717) is 5.54 Å². The lowest BCUT2D eigenvalue weighted by atomic mass is 9.52. The van der Waals surface area contributed by atoms with Gasteiger partial charge in [0.1, 0.15) is 5.60 Å². The molecule has 1 amide bonds. The lowest BCUT2D eigenvalue weighted by molar-refractivity contribution is -0.0808. The van der Waals surface area contributed by atoms with Gasteiger partial charge >= 0.3 is 6.09 Å². The molecule has 0 aromatic rings. The van der Waals surface area contributed by atoms with E-state index in [1.165, 1.54) is 38.5 Å². The molecule has 23 heavy (non-hydrogen) atoms. The van der Waals surface area contributed by atoms with Gasteiger partial charge in [-0.15, -0.1) is 0 Å². The molecule has 0 radical (unpaired) electrons. The normalized spacial score (nSPS) is 42.9. The number of carbonyl (C=O) groups excluding carboxylic acids is 1. The Balaban J connectivity index is 1.36. The van der Waals surface area contributed by atoms with Gasteiger partial charge in [0.2, 0.25) is 0 Å². The molecular formula is C19H32N2O2. The first-order valence-corrected chi connectivity index (χ1v) is 9.56. The van der Waals surface area contributed by atoms with Crippen LogP contribution >= 0.6 is 0 Å². The van der Waals surface area contributed by atoms with Crippen LogP contribution in [0.3, 0.4) is 0 Å². The van der Waals surface area contributed by atoms with Crippen molar-refractivity contribution in [3.8, 4) is 0 Å². The summed E-state index contributed by atoms with van der Waals surface area (Å²) in [5, 5.41) is 3.09. The molecule has 1 N–H and O–H groups in total. The van der Waals surface area contributed by atoms with E-state index in [9.17, 15) is 4.79 Å². The zero-order chi connectivity index (χ0) is 16.2. The molecule has 4 saturated carbocycles. The van der Waals surface area contributed by atoms with Crippen molar-refractivity contribution in [3.63, 3.8) is 0 Å². The molecule has 4 aliphatic carbocycles. The average molecular weight is 320 g/mol. The second-order valence-corrected chi connectivity index (χ2v) is 9.72. The number of alkyl carbamates (subject to hydrolysis) is 1. The molecule has 5 rings (SSSR count). The topological polar surface area (TPSA) is 41.6 Å². The summed E-state index contributed by atoms with van der Waals surface area (Å²) in [5.74, 6) is 2.96. The predicted molar refractivity (Wildman–Crippen MR) is 90.3 cm³/mol. The van der Waals surface area contributed by atoms with Crippen LogP contribution in [0.15, 0.2) is 0 Å². The smallest absolute Gasteiger partial charge is 0.407 e. The summed E-state index contributed by atoms with van der Waals surface area (Å²) in [6.45, 7) is 7.92. The number of amides is 1. The van der Waals surface area contributed by atoms with Crippen LogP contribution in [0.25, 0.3) is 0 Å². The predicted octanol–water partition coefficient (Wildman–Crippen LogP) is 3.55. The number of hydrogen-bond acceptors (Lipinski definition) is 3. The SMILES string of the molecule is CC(C)(C)OC(=O)N[C@H]1CCN(C23CC4CC(CC(C4)C2)C3)C1. The van der Waals surface area contributed by atoms with Crippen LogP contribution in [0, 0.1) is 17.8 Å². The van der Waals surface area contributed by atoms with Crippen LogP contribution in [-0.4, -0.2) is 41.3 Å². The summed E-state index contributed by atoms with van der Waals surface area (Å²) in [7, 11) is 0. The van der Waals surface area contributed by atoms with Crippen molar-refractivity contribution in [1.29, 1.82) is 0 Å². The third kappa shape index (κ3) is 3.11. The first-order valence-electron chi connectivity index (χ1n) is 9.56. The van der Waals surface area contributed by atoms with E-state index in [2.05, 4.69) is 10.2 Å². The van der Waals surface area contributed by atoms with Crippen LogP contribution in [0.2, 0.25) is 0 Å². The van der Waals surface area contributed by atoms with Crippen molar-refractivity contribution in [2.45, 2.75) is 82.9 Å². The van der Waals surface area contributed by atoms with Crippen molar-refractivity contribution in [2.75, 3.05) is 13.1 Å². The molecule has 4 heteroatoms. The summed E-state index contributed by atoms with van der Waals surface area (Å²) >= 11 is 0. The van der Waals surface area contributed by atoms with E-state index in [1.54, 1.807) is 0 Å². The van der Waals surface area contributed by atoms with Crippen LogP contribution in [0.1, 0.15) is 65.7 Å². The molecular weight excluding hydrogens is 288 g/mol. The first kappa shape index (κ1) is 15.7. The Morgan fingerprint density at radius 3 is 2.17 bits per heavy atom. The lowest BCUT2D eigenvalue weighted by Crippen LogP contribution is -2.59. The number of nitrogens with one attached hydrogen (secondary N) is 1. The average Bonchev–Trinajstić information content (AvgIpc) is 2.83. The number of likely N-dealkylation sites (tertiary alicyclic amines) is 1. The Morgan fingerprint density at radius 2 is 1.65 bits per heavy atom. The van der Waals surface area contributed by atoms with E-state index in [0.717, 1.165) is 37.3 Å². The lowest BCUT2D eigenvalue weighted by Gasteiger charge is -2.60. The standard InChI is InChI=1S/C19H32N2O2/c1-18(2,3)23-17(22)20-16-4-5-21(12-16)19-9-13-6-14(10-19)8-15(7-13)11-19/h13-16H,4-12H2,1-3H3,(H,20,22)/t13?,14?,15?,16-,19?/m0/s1. The van der Waals surface area contributed by atoms with Crippen LogP contribution in [-0.2, 0) is 4.74 Å². The second-order valence-electron chi connectivity index (χ2n) is 9.72. The van der Waals surface area contributed by atoms with Crippen molar-refractivity contribution in [1.82, 2.24) is 10.2 Å². The minimum atomic E-state index is -0.414. The van der Waals surface area contributed by atoms with Crippen LogP contribution < -0.4 is 5.32 Å². The molecule has 5 aliphatic rings. The summed E-state index contributed by atoms with van der Waals surface area (Å²) in [4.78, 5) is 14.8. The molecule has 0 spiro atoms. The highest BCUT2D eigenvalue weighted by atomic mass is 16.6. The van der Waals surface area contributed by atoms with Gasteiger partial charge in [0.25, 0.3) is 0 Å². The van der Waals surface area contributed by atoms with Gasteiger partial charge in [-0.25, -0.2) is 4.79 Å². The highest BCUT2D eigenvalue weighted by Gasteiger charge is 2.54. The Hall–Kier alpha value is -0.770. The molecule has 0 aromatic carbocycles. The number of carbonyl (C=O) groups is 1. The van der Waals surface area contributed by atoms with E-state index in [1.807, 2.05) is 20.8 Å². The minimum Gasteiger partial charge on any atom is -0.444 e. The van der Waals surface area contributed by atoms with Crippen molar-refractivity contribution in [3.05, 3.63) is 0 Å².